The Hall–Kier alpha value is -2.14. The molecule has 1 amide bonds. The Labute approximate surface area is 135 Å². The van der Waals surface area contributed by atoms with Gasteiger partial charge >= 0.3 is 0 Å². The predicted molar refractivity (Wildman–Crippen MR) is 87.5 cm³/mol. The molecule has 122 valence electrons. The van der Waals surface area contributed by atoms with E-state index in [-0.39, 0.29) is 23.8 Å². The van der Waals surface area contributed by atoms with Gasteiger partial charge in [-0.25, -0.2) is 4.39 Å². The summed E-state index contributed by atoms with van der Waals surface area (Å²) >= 11 is 0. The van der Waals surface area contributed by atoms with Crippen molar-refractivity contribution in [3.63, 3.8) is 0 Å². The van der Waals surface area contributed by atoms with Gasteiger partial charge in [-0.05, 0) is 29.8 Å². The predicted octanol–water partition coefficient (Wildman–Crippen LogP) is 2.56. The minimum absolute atomic E-state index is 0.0699. The summed E-state index contributed by atoms with van der Waals surface area (Å²) < 4.78 is 15.4. The molecule has 1 aliphatic rings. The summed E-state index contributed by atoms with van der Waals surface area (Å²) in [6.07, 6.45) is 2.03. The molecule has 0 bridgehead atoms. The highest BCUT2D eigenvalue weighted by Crippen LogP contribution is 2.32. The number of carbonyl (C=O) groups is 1. The number of nitrogens with zero attached hydrogens (tertiary/aromatic N) is 2. The van der Waals surface area contributed by atoms with Crippen molar-refractivity contribution in [3.8, 4) is 0 Å². The molecule has 0 saturated heterocycles. The molecule has 5 heteroatoms. The normalized spacial score (nSPS) is 17.4. The molecule has 1 unspecified atom stereocenters. The first-order chi connectivity index (χ1) is 11.1. The van der Waals surface area contributed by atoms with Crippen LogP contribution in [0, 0.1) is 5.82 Å². The van der Waals surface area contributed by atoms with Crippen LogP contribution in [0.3, 0.4) is 0 Å². The van der Waals surface area contributed by atoms with E-state index in [9.17, 15) is 9.18 Å². The lowest BCUT2D eigenvalue weighted by Crippen LogP contribution is -2.46. The number of rotatable bonds is 4. The van der Waals surface area contributed by atoms with Crippen LogP contribution in [0.1, 0.15) is 31.1 Å². The fraction of sp³-hybridized carbons (Fsp3) is 0.389. The average Bonchev–Trinajstić information content (AvgIpc) is 3.01. The molecule has 1 N–H and O–H groups in total. The lowest BCUT2D eigenvalue weighted by Gasteiger charge is -2.37. The minimum Gasteiger partial charge on any atom is -0.348 e. The number of nitrogens with one attached hydrogen (secondary N) is 1. The van der Waals surface area contributed by atoms with Gasteiger partial charge in [-0.1, -0.05) is 26.0 Å². The van der Waals surface area contributed by atoms with Crippen LogP contribution in [0.2, 0.25) is 0 Å². The van der Waals surface area contributed by atoms with E-state index in [1.807, 2.05) is 37.1 Å². The highest BCUT2D eigenvalue weighted by Gasteiger charge is 2.31. The molecule has 3 rings (SSSR count). The fourth-order valence-electron chi connectivity index (χ4n) is 3.04. The molecule has 2 heterocycles. The summed E-state index contributed by atoms with van der Waals surface area (Å²) in [5, 5.41) is 3.18. The van der Waals surface area contributed by atoms with E-state index in [1.165, 1.54) is 12.1 Å². The maximum atomic E-state index is 13.3. The molecule has 0 fully saturated rings. The van der Waals surface area contributed by atoms with Gasteiger partial charge in [0, 0.05) is 31.0 Å². The van der Waals surface area contributed by atoms with Gasteiger partial charge in [0.1, 0.15) is 5.82 Å². The molecule has 2 aromatic rings. The average molecular weight is 315 g/mol. The summed E-state index contributed by atoms with van der Waals surface area (Å²) in [6.45, 7) is 5.80. The van der Waals surface area contributed by atoms with Gasteiger partial charge in [0.05, 0.1) is 12.6 Å². The summed E-state index contributed by atoms with van der Waals surface area (Å²) in [5.41, 5.74) is 2.00. The van der Waals surface area contributed by atoms with Gasteiger partial charge in [0.2, 0.25) is 5.91 Å². The number of fused-ring (bicyclic) bond motifs is 1. The van der Waals surface area contributed by atoms with E-state index in [2.05, 4.69) is 9.88 Å². The lowest BCUT2D eigenvalue weighted by molar-refractivity contribution is -0.133. The molecule has 1 atom stereocenters. The third kappa shape index (κ3) is 3.29. The van der Waals surface area contributed by atoms with Gasteiger partial charge in [0.25, 0.3) is 0 Å². The van der Waals surface area contributed by atoms with Crippen LogP contribution in [0.25, 0.3) is 0 Å². The summed E-state index contributed by atoms with van der Waals surface area (Å²) in [4.78, 5) is 14.6. The van der Waals surface area contributed by atoms with Crippen molar-refractivity contribution < 1.29 is 9.18 Å². The Morgan fingerprint density at radius 3 is 2.70 bits per heavy atom. The first-order valence-corrected chi connectivity index (χ1v) is 7.99. The molecule has 23 heavy (non-hydrogen) atoms. The minimum atomic E-state index is -0.265. The van der Waals surface area contributed by atoms with E-state index in [1.54, 1.807) is 12.1 Å². The first-order valence-electron chi connectivity index (χ1n) is 7.99. The van der Waals surface area contributed by atoms with Crippen LogP contribution < -0.4 is 5.32 Å². The Bertz CT molecular complexity index is 678. The summed E-state index contributed by atoms with van der Waals surface area (Å²) in [6, 6.07) is 10.5. The van der Waals surface area contributed by atoms with Crippen LogP contribution in [0.5, 0.6) is 0 Å². The van der Waals surface area contributed by atoms with Crippen molar-refractivity contribution in [1.82, 2.24) is 14.8 Å². The number of amides is 1. The van der Waals surface area contributed by atoms with E-state index in [0.717, 1.165) is 17.8 Å². The van der Waals surface area contributed by atoms with Crippen LogP contribution in [0.15, 0.2) is 42.6 Å². The second-order valence-corrected chi connectivity index (χ2v) is 6.20. The van der Waals surface area contributed by atoms with E-state index in [0.29, 0.717) is 13.1 Å². The molecule has 0 radical (unpaired) electrons. The topological polar surface area (TPSA) is 37.3 Å². The Kier molecular flexibility index (Phi) is 4.48. The molecule has 4 nitrogen and oxygen atoms in total. The Morgan fingerprint density at radius 1 is 1.26 bits per heavy atom. The lowest BCUT2D eigenvalue weighted by atomic mass is 9.99. The molecule has 0 aliphatic carbocycles. The fourth-order valence-corrected chi connectivity index (χ4v) is 3.04. The first kappa shape index (κ1) is 15.7. The maximum Gasteiger partial charge on any atom is 0.237 e. The molecule has 1 aliphatic heterocycles. The second-order valence-electron chi connectivity index (χ2n) is 6.20. The van der Waals surface area contributed by atoms with Crippen molar-refractivity contribution in [2.45, 2.75) is 32.5 Å². The molecule has 0 spiro atoms. The van der Waals surface area contributed by atoms with Gasteiger partial charge in [-0.15, -0.1) is 0 Å². The van der Waals surface area contributed by atoms with Crippen LogP contribution in [0.4, 0.5) is 4.39 Å². The number of aromatic nitrogens is 1. The zero-order chi connectivity index (χ0) is 16.4. The second kappa shape index (κ2) is 6.54. The van der Waals surface area contributed by atoms with E-state index in [4.69, 9.17) is 0 Å². The van der Waals surface area contributed by atoms with Crippen LogP contribution in [-0.4, -0.2) is 34.5 Å². The van der Waals surface area contributed by atoms with Gasteiger partial charge in [-0.2, -0.15) is 0 Å². The maximum absolute atomic E-state index is 13.3. The number of benzene rings is 1. The van der Waals surface area contributed by atoms with Crippen molar-refractivity contribution in [2.75, 3.05) is 13.1 Å². The highest BCUT2D eigenvalue weighted by atomic mass is 19.1. The Morgan fingerprint density at radius 2 is 2.00 bits per heavy atom. The third-order valence-electron chi connectivity index (χ3n) is 4.21. The number of carbonyl (C=O) groups excluding carboxylic acids is 1. The van der Waals surface area contributed by atoms with Gasteiger partial charge in [0.15, 0.2) is 0 Å². The quantitative estimate of drug-likeness (QED) is 0.941. The summed E-state index contributed by atoms with van der Waals surface area (Å²) in [5.74, 6) is -0.195. The van der Waals surface area contributed by atoms with Crippen molar-refractivity contribution in [2.24, 2.45) is 0 Å². The number of hydrogen-bond acceptors (Lipinski definition) is 2. The molecule has 0 saturated carbocycles. The largest absolute Gasteiger partial charge is 0.348 e. The van der Waals surface area contributed by atoms with Crippen molar-refractivity contribution >= 4 is 5.91 Å². The van der Waals surface area contributed by atoms with Crippen molar-refractivity contribution in [1.29, 1.82) is 0 Å². The monoisotopic (exact) mass is 315 g/mol. The SMILES string of the molecule is CC(C)NCC(=O)N1CCn2cccc2C1c1ccc(F)cc1. The van der Waals surface area contributed by atoms with Crippen LogP contribution >= 0.6 is 0 Å². The third-order valence-corrected chi connectivity index (χ3v) is 4.21. The van der Waals surface area contributed by atoms with Crippen LogP contribution in [-0.2, 0) is 11.3 Å². The zero-order valence-electron chi connectivity index (χ0n) is 13.5. The van der Waals surface area contributed by atoms with Gasteiger partial charge < -0.3 is 14.8 Å². The van der Waals surface area contributed by atoms with Gasteiger partial charge in [-0.3, -0.25) is 4.79 Å². The molecular weight excluding hydrogens is 293 g/mol. The van der Waals surface area contributed by atoms with E-state index >= 15 is 0 Å². The molecular formula is C18H22FN3O. The Balaban J connectivity index is 1.92. The smallest absolute Gasteiger partial charge is 0.237 e. The summed E-state index contributed by atoms with van der Waals surface area (Å²) in [7, 11) is 0. The standard InChI is InChI=1S/C18H22FN3O/c1-13(2)20-12-17(23)22-11-10-21-9-3-4-16(21)18(22)14-5-7-15(19)8-6-14/h3-9,13,18,20H,10-12H2,1-2H3. The van der Waals surface area contributed by atoms with E-state index < -0.39 is 0 Å². The zero-order valence-corrected chi connectivity index (χ0v) is 13.5. The highest BCUT2D eigenvalue weighted by molar-refractivity contribution is 5.79. The van der Waals surface area contributed by atoms with Crippen molar-refractivity contribution in [3.05, 3.63) is 59.7 Å². The number of halogens is 1. The molecule has 1 aromatic carbocycles. The number of hydrogen-bond donors (Lipinski definition) is 1. The molecule has 1 aromatic heterocycles.